The topological polar surface area (TPSA) is 51.1 Å². The average Bonchev–Trinajstić information content (AvgIpc) is 3.31. The fourth-order valence-corrected chi connectivity index (χ4v) is 3.89. The summed E-state index contributed by atoms with van der Waals surface area (Å²) in [5.41, 5.74) is 0.694. The van der Waals surface area contributed by atoms with Crippen molar-refractivity contribution in [3.63, 3.8) is 0 Å². The first-order chi connectivity index (χ1) is 12.7. The molecule has 2 aliphatic rings. The molecule has 3 rings (SSSR count). The molecular formula is C20H32FIN4O. The van der Waals surface area contributed by atoms with Crippen LogP contribution in [0.15, 0.2) is 29.3 Å². The van der Waals surface area contributed by atoms with Crippen molar-refractivity contribution < 1.29 is 9.50 Å². The standard InChI is InChI=1S/C20H31FN4O.HI/c1-2-22-20(23-13-19(26)17-5-7-18(21)8-6-17)25-12-9-16(15-25)14-24-10-3-4-11-24;/h5-8,16,19,26H,2-4,9-15H2,1H3,(H,22,23);1H. The van der Waals surface area contributed by atoms with Gasteiger partial charge in [0, 0.05) is 26.2 Å². The fraction of sp³-hybridized carbons (Fsp3) is 0.650. The third-order valence-corrected chi connectivity index (χ3v) is 5.30. The first-order valence-electron chi connectivity index (χ1n) is 9.85. The van der Waals surface area contributed by atoms with Crippen LogP contribution in [0.2, 0.25) is 0 Å². The Morgan fingerprint density at radius 2 is 1.96 bits per heavy atom. The third-order valence-electron chi connectivity index (χ3n) is 5.30. The molecule has 0 aromatic heterocycles. The number of halogens is 2. The molecule has 0 aliphatic carbocycles. The molecule has 7 heteroatoms. The summed E-state index contributed by atoms with van der Waals surface area (Å²) in [6.45, 7) is 8.85. The van der Waals surface area contributed by atoms with Crippen LogP contribution in [0.3, 0.4) is 0 Å². The number of aliphatic hydroxyl groups excluding tert-OH is 1. The highest BCUT2D eigenvalue weighted by molar-refractivity contribution is 14.0. The first kappa shape index (κ1) is 22.4. The minimum absolute atomic E-state index is 0. The van der Waals surface area contributed by atoms with E-state index in [1.54, 1.807) is 12.1 Å². The Balaban J connectivity index is 0.00000261. The molecule has 2 fully saturated rings. The molecule has 152 valence electrons. The van der Waals surface area contributed by atoms with Gasteiger partial charge in [0.05, 0.1) is 12.6 Å². The summed E-state index contributed by atoms with van der Waals surface area (Å²) < 4.78 is 13.0. The van der Waals surface area contributed by atoms with Crippen molar-refractivity contribution in [2.75, 3.05) is 45.8 Å². The van der Waals surface area contributed by atoms with Crippen LogP contribution in [0.4, 0.5) is 4.39 Å². The maximum Gasteiger partial charge on any atom is 0.194 e. The van der Waals surface area contributed by atoms with Gasteiger partial charge in [0.25, 0.3) is 0 Å². The van der Waals surface area contributed by atoms with E-state index in [2.05, 4.69) is 27.0 Å². The van der Waals surface area contributed by atoms with Crippen molar-refractivity contribution in [1.29, 1.82) is 0 Å². The molecule has 2 saturated heterocycles. The second-order valence-corrected chi connectivity index (χ2v) is 7.37. The van der Waals surface area contributed by atoms with Crippen LogP contribution in [0.5, 0.6) is 0 Å². The Labute approximate surface area is 179 Å². The molecule has 1 aromatic rings. The average molecular weight is 490 g/mol. The number of nitrogens with one attached hydrogen (secondary N) is 1. The van der Waals surface area contributed by atoms with Crippen molar-refractivity contribution >= 4 is 29.9 Å². The maximum absolute atomic E-state index is 13.0. The second-order valence-electron chi connectivity index (χ2n) is 7.37. The summed E-state index contributed by atoms with van der Waals surface area (Å²) in [5.74, 6) is 1.27. The van der Waals surface area contributed by atoms with Crippen molar-refractivity contribution in [1.82, 2.24) is 15.1 Å². The fourth-order valence-electron chi connectivity index (χ4n) is 3.89. The van der Waals surface area contributed by atoms with E-state index in [9.17, 15) is 9.50 Å². The van der Waals surface area contributed by atoms with Gasteiger partial charge in [-0.2, -0.15) is 0 Å². The van der Waals surface area contributed by atoms with E-state index in [4.69, 9.17) is 0 Å². The molecular weight excluding hydrogens is 458 g/mol. The summed E-state index contributed by atoms with van der Waals surface area (Å²) in [6.07, 6.45) is 3.15. The predicted octanol–water partition coefficient (Wildman–Crippen LogP) is 2.86. The number of aliphatic imine (C=N–C) groups is 1. The lowest BCUT2D eigenvalue weighted by Crippen LogP contribution is -2.41. The van der Waals surface area contributed by atoms with Crippen molar-refractivity contribution in [2.45, 2.75) is 32.3 Å². The molecule has 2 N–H and O–H groups in total. The molecule has 1 aromatic carbocycles. The smallest absolute Gasteiger partial charge is 0.194 e. The quantitative estimate of drug-likeness (QED) is 0.366. The number of hydrogen-bond acceptors (Lipinski definition) is 3. The minimum atomic E-state index is -0.716. The normalized spacial score (nSPS) is 22.0. The maximum atomic E-state index is 13.0. The predicted molar refractivity (Wildman–Crippen MR) is 118 cm³/mol. The monoisotopic (exact) mass is 490 g/mol. The molecule has 2 unspecified atom stereocenters. The van der Waals surface area contributed by atoms with E-state index in [1.165, 1.54) is 51.0 Å². The van der Waals surface area contributed by atoms with Crippen LogP contribution in [-0.4, -0.2) is 66.7 Å². The molecule has 27 heavy (non-hydrogen) atoms. The molecule has 0 spiro atoms. The number of benzene rings is 1. The summed E-state index contributed by atoms with van der Waals surface area (Å²) in [4.78, 5) is 9.52. The zero-order chi connectivity index (χ0) is 18.4. The Morgan fingerprint density at radius 3 is 2.63 bits per heavy atom. The van der Waals surface area contributed by atoms with Gasteiger partial charge < -0.3 is 20.2 Å². The highest BCUT2D eigenvalue weighted by Crippen LogP contribution is 2.20. The Kier molecular flexibility index (Phi) is 9.25. The van der Waals surface area contributed by atoms with Crippen LogP contribution >= 0.6 is 24.0 Å². The van der Waals surface area contributed by atoms with Crippen LogP contribution < -0.4 is 5.32 Å². The van der Waals surface area contributed by atoms with E-state index >= 15 is 0 Å². The Hall–Kier alpha value is -0.930. The number of guanidine groups is 1. The number of likely N-dealkylation sites (tertiary alicyclic amines) is 2. The second kappa shape index (κ2) is 11.2. The number of aliphatic hydroxyl groups is 1. The van der Waals surface area contributed by atoms with Gasteiger partial charge in [-0.1, -0.05) is 12.1 Å². The summed E-state index contributed by atoms with van der Waals surface area (Å²) in [6, 6.07) is 5.97. The number of nitrogens with zero attached hydrogens (tertiary/aromatic N) is 3. The van der Waals surface area contributed by atoms with E-state index in [1.807, 2.05) is 0 Å². The van der Waals surface area contributed by atoms with Crippen LogP contribution in [0.25, 0.3) is 0 Å². The van der Waals surface area contributed by atoms with E-state index in [0.717, 1.165) is 25.6 Å². The highest BCUT2D eigenvalue weighted by atomic mass is 127. The molecule has 2 aliphatic heterocycles. The molecule has 0 saturated carbocycles. The van der Waals surface area contributed by atoms with E-state index in [-0.39, 0.29) is 36.3 Å². The SMILES string of the molecule is CCNC(=NCC(O)c1ccc(F)cc1)N1CCC(CN2CCCC2)C1.I. The van der Waals surface area contributed by atoms with Crippen LogP contribution in [0, 0.1) is 11.7 Å². The lowest BCUT2D eigenvalue weighted by molar-refractivity contribution is 0.186. The number of rotatable bonds is 6. The molecule has 0 radical (unpaired) electrons. The Morgan fingerprint density at radius 1 is 1.26 bits per heavy atom. The zero-order valence-corrected chi connectivity index (χ0v) is 18.4. The van der Waals surface area contributed by atoms with Crippen LogP contribution in [0.1, 0.15) is 37.9 Å². The lowest BCUT2D eigenvalue weighted by atomic mass is 10.1. The van der Waals surface area contributed by atoms with E-state index in [0.29, 0.717) is 11.5 Å². The van der Waals surface area contributed by atoms with Gasteiger partial charge in [-0.05, 0) is 62.9 Å². The van der Waals surface area contributed by atoms with Crippen molar-refractivity contribution in [3.8, 4) is 0 Å². The summed E-state index contributed by atoms with van der Waals surface area (Å²) >= 11 is 0. The van der Waals surface area contributed by atoms with Gasteiger partial charge >= 0.3 is 0 Å². The third kappa shape index (κ3) is 6.57. The van der Waals surface area contributed by atoms with Gasteiger partial charge in [0.2, 0.25) is 0 Å². The van der Waals surface area contributed by atoms with Crippen molar-refractivity contribution in [3.05, 3.63) is 35.6 Å². The highest BCUT2D eigenvalue weighted by Gasteiger charge is 2.27. The largest absolute Gasteiger partial charge is 0.386 e. The molecule has 0 bridgehead atoms. The van der Waals surface area contributed by atoms with Crippen LogP contribution in [-0.2, 0) is 0 Å². The number of hydrogen-bond donors (Lipinski definition) is 2. The summed E-state index contributed by atoms with van der Waals surface area (Å²) in [7, 11) is 0. The van der Waals surface area contributed by atoms with Gasteiger partial charge in [0.1, 0.15) is 5.82 Å². The molecule has 0 amide bonds. The van der Waals surface area contributed by atoms with Gasteiger partial charge in [-0.15, -0.1) is 24.0 Å². The van der Waals surface area contributed by atoms with E-state index < -0.39 is 6.10 Å². The van der Waals surface area contributed by atoms with Gasteiger partial charge in [-0.25, -0.2) is 4.39 Å². The van der Waals surface area contributed by atoms with Gasteiger partial charge in [-0.3, -0.25) is 4.99 Å². The first-order valence-corrected chi connectivity index (χ1v) is 9.85. The minimum Gasteiger partial charge on any atom is -0.386 e. The lowest BCUT2D eigenvalue weighted by Gasteiger charge is -2.23. The summed E-state index contributed by atoms with van der Waals surface area (Å²) in [5, 5.41) is 13.7. The Bertz CT molecular complexity index is 592. The van der Waals surface area contributed by atoms with Crippen molar-refractivity contribution in [2.24, 2.45) is 10.9 Å². The van der Waals surface area contributed by atoms with Gasteiger partial charge in [0.15, 0.2) is 5.96 Å². The molecule has 2 atom stereocenters. The zero-order valence-electron chi connectivity index (χ0n) is 16.1. The molecule has 2 heterocycles. The molecule has 5 nitrogen and oxygen atoms in total.